The lowest BCUT2D eigenvalue weighted by Crippen LogP contribution is -2.60. The summed E-state index contributed by atoms with van der Waals surface area (Å²) in [6.45, 7) is -7.55. The summed E-state index contributed by atoms with van der Waals surface area (Å²) >= 11 is 3.07. The van der Waals surface area contributed by atoms with Crippen molar-refractivity contribution in [1.82, 2.24) is 0 Å². The lowest BCUT2D eigenvalue weighted by molar-refractivity contribution is 1.27. The number of fused-ring (bicyclic) bond motifs is 8. The molecule has 0 spiro atoms. The van der Waals surface area contributed by atoms with E-state index in [1.54, 1.807) is 36.4 Å². The Balaban J connectivity index is 1.49. The van der Waals surface area contributed by atoms with E-state index < -0.39 is 27.3 Å². The normalized spacial score (nSPS) is 17.5. The van der Waals surface area contributed by atoms with Gasteiger partial charge in [-0.3, -0.25) is 0 Å². The second-order valence-electron chi connectivity index (χ2n) is 10.8. The Morgan fingerprint density at radius 2 is 1.00 bits per heavy atom. The van der Waals surface area contributed by atoms with E-state index in [0.717, 1.165) is 57.9 Å². The molecular formula is C37H27BN2S2. The van der Waals surface area contributed by atoms with Gasteiger partial charge in [0.2, 0.25) is 0 Å². The zero-order valence-corrected chi connectivity index (χ0v) is 23.8. The predicted molar refractivity (Wildman–Crippen MR) is 185 cm³/mol. The largest absolute Gasteiger partial charge is 0.303 e. The Kier molecular flexibility index (Phi) is 3.57. The molecule has 0 saturated carbocycles. The first-order chi connectivity index (χ1) is 24.2. The highest BCUT2D eigenvalue weighted by atomic mass is 32.1. The summed E-state index contributed by atoms with van der Waals surface area (Å²) in [6, 6.07) is 33.7. The zero-order chi connectivity index (χ0) is 35.6. The predicted octanol–water partition coefficient (Wildman–Crippen LogP) is 9.12. The van der Waals surface area contributed by atoms with Gasteiger partial charge in [-0.05, 0) is 102 Å². The maximum absolute atomic E-state index is 8.60. The van der Waals surface area contributed by atoms with Crippen molar-refractivity contribution in [2.24, 2.45) is 0 Å². The molecule has 5 aromatic carbocycles. The minimum Gasteiger partial charge on any atom is -0.303 e. The van der Waals surface area contributed by atoms with Crippen molar-refractivity contribution in [2.75, 3.05) is 9.80 Å². The molecular weight excluding hydrogens is 547 g/mol. The molecule has 42 heavy (non-hydrogen) atoms. The number of thiophene rings is 2. The molecule has 0 radical (unpaired) electrons. The molecule has 0 amide bonds. The maximum atomic E-state index is 8.60. The van der Waals surface area contributed by atoms with Crippen molar-refractivity contribution in [3.63, 3.8) is 0 Å². The third-order valence-corrected chi connectivity index (χ3v) is 10.7. The monoisotopic (exact) mass is 583 g/mol. The second kappa shape index (κ2) is 8.84. The molecule has 0 saturated heterocycles. The van der Waals surface area contributed by atoms with Gasteiger partial charge in [-0.15, -0.1) is 22.7 Å². The third-order valence-electron chi connectivity index (χ3n) is 8.33. The lowest BCUT2D eigenvalue weighted by Gasteiger charge is -2.42. The van der Waals surface area contributed by atoms with Crippen LogP contribution in [0.4, 0.5) is 32.8 Å². The lowest BCUT2D eigenvalue weighted by atomic mass is 9.33. The van der Waals surface area contributed by atoms with Gasteiger partial charge in [0.05, 0.1) is 10.0 Å². The number of rotatable bonds is 2. The van der Waals surface area contributed by atoms with Crippen LogP contribution >= 0.6 is 22.7 Å². The molecule has 2 aliphatic rings. The van der Waals surface area contributed by atoms with Crippen molar-refractivity contribution in [1.29, 1.82) is 0 Å². The maximum Gasteiger partial charge on any atom is 0.256 e. The Morgan fingerprint density at radius 3 is 1.45 bits per heavy atom. The van der Waals surface area contributed by atoms with E-state index in [4.69, 9.17) is 12.3 Å². The smallest absolute Gasteiger partial charge is 0.256 e. The highest BCUT2D eigenvalue weighted by molar-refractivity contribution is 7.29. The molecule has 0 fully saturated rings. The highest BCUT2D eigenvalue weighted by Crippen LogP contribution is 2.50. The highest BCUT2D eigenvalue weighted by Gasteiger charge is 2.46. The van der Waals surface area contributed by atoms with Crippen molar-refractivity contribution >= 4 is 98.7 Å². The summed E-state index contributed by atoms with van der Waals surface area (Å²) in [7, 11) is 0. The van der Waals surface area contributed by atoms with E-state index in [0.29, 0.717) is 11.4 Å². The van der Waals surface area contributed by atoms with Gasteiger partial charge < -0.3 is 9.80 Å². The van der Waals surface area contributed by atoms with E-state index in [1.165, 1.54) is 22.7 Å². The van der Waals surface area contributed by atoms with Gasteiger partial charge in [0.15, 0.2) is 0 Å². The Morgan fingerprint density at radius 1 is 0.524 bits per heavy atom. The van der Waals surface area contributed by atoms with Gasteiger partial charge in [0, 0.05) is 44.5 Å². The van der Waals surface area contributed by atoms with E-state index in [1.807, 2.05) is 72.8 Å². The summed E-state index contributed by atoms with van der Waals surface area (Å²) < 4.78 is 77.2. The summed E-state index contributed by atoms with van der Waals surface area (Å²) in [4.78, 5) is 4.21. The van der Waals surface area contributed by atoms with Crippen molar-refractivity contribution in [2.45, 2.75) is 20.6 Å². The van der Waals surface area contributed by atoms with Crippen LogP contribution in [0.1, 0.15) is 29.0 Å². The quantitative estimate of drug-likeness (QED) is 0.187. The standard InChI is InChI=1S/C37H27BN2S2/c1-22-14-16-31-27(18-22)33-36(41-31)39(25-10-6-4-7-11-25)29-20-24(3)21-30-35(29)38(33)34-28-19-23(2)15-17-32(28)42-37(34)40(30)26-12-8-5-9-13-26/h4-21H,1-3H3/i1D3,2D3,3D3. The van der Waals surface area contributed by atoms with Crippen LogP contribution in [-0.4, -0.2) is 6.71 Å². The van der Waals surface area contributed by atoms with Crippen LogP contribution in [0.5, 0.6) is 0 Å². The number of hydrogen-bond acceptors (Lipinski definition) is 4. The SMILES string of the molecule is [2H]C([2H])([2H])c1cc2c3c(c1)N(c1ccccc1)c1sc4ccc(C([2H])([2H])[2H])cc4c1B3c1c(sc3ccc(C([2H])([2H])[2H])cc13)N2c1ccccc1. The molecule has 0 atom stereocenters. The fraction of sp³-hybridized carbons (Fsp3) is 0.0811. The summed E-state index contributed by atoms with van der Waals surface area (Å²) in [5.74, 6) is 0. The van der Waals surface area contributed by atoms with Crippen molar-refractivity contribution < 1.29 is 12.3 Å². The molecule has 200 valence electrons. The molecule has 7 aromatic rings. The molecule has 0 unspecified atom stereocenters. The van der Waals surface area contributed by atoms with Crippen LogP contribution in [0.2, 0.25) is 0 Å². The molecule has 2 nitrogen and oxygen atoms in total. The van der Waals surface area contributed by atoms with Crippen LogP contribution in [-0.2, 0) is 0 Å². The Hall–Kier alpha value is -4.32. The van der Waals surface area contributed by atoms with Crippen LogP contribution in [0.15, 0.2) is 109 Å². The van der Waals surface area contributed by atoms with E-state index in [9.17, 15) is 0 Å². The van der Waals surface area contributed by atoms with Gasteiger partial charge >= 0.3 is 0 Å². The topological polar surface area (TPSA) is 6.48 Å². The van der Waals surface area contributed by atoms with E-state index in [-0.39, 0.29) is 16.7 Å². The average molecular weight is 584 g/mol. The molecule has 0 N–H and O–H groups in total. The minimum absolute atomic E-state index is 0.195. The number of benzene rings is 5. The number of para-hydroxylation sites is 2. The molecule has 5 heteroatoms. The number of hydrogen-bond donors (Lipinski definition) is 0. The van der Waals surface area contributed by atoms with Gasteiger partial charge in [-0.1, -0.05) is 71.8 Å². The first-order valence-corrected chi connectivity index (χ1v) is 15.4. The Bertz CT molecular complexity index is 2360. The first-order valence-electron chi connectivity index (χ1n) is 18.2. The summed E-state index contributed by atoms with van der Waals surface area (Å²) in [5, 5.41) is 3.32. The van der Waals surface area contributed by atoms with Crippen LogP contribution in [0.25, 0.3) is 20.2 Å². The molecule has 0 bridgehead atoms. The minimum atomic E-state index is -2.42. The number of nitrogens with zero attached hydrogens (tertiary/aromatic N) is 2. The first kappa shape index (κ1) is 17.0. The number of anilines is 6. The van der Waals surface area contributed by atoms with E-state index >= 15 is 0 Å². The molecule has 9 rings (SSSR count). The van der Waals surface area contributed by atoms with Crippen LogP contribution < -0.4 is 26.2 Å². The average Bonchev–Trinajstić information content (AvgIpc) is 3.65. The third kappa shape index (κ3) is 3.32. The van der Waals surface area contributed by atoms with Crippen LogP contribution in [0, 0.1) is 20.6 Å². The second-order valence-corrected chi connectivity index (χ2v) is 12.8. The fourth-order valence-electron chi connectivity index (χ4n) is 6.71. The molecule has 4 heterocycles. The summed E-state index contributed by atoms with van der Waals surface area (Å²) in [5.41, 5.74) is 6.43. The van der Waals surface area contributed by atoms with Gasteiger partial charge in [0.1, 0.15) is 0 Å². The van der Waals surface area contributed by atoms with Crippen molar-refractivity contribution in [3.8, 4) is 0 Å². The van der Waals surface area contributed by atoms with Crippen molar-refractivity contribution in [3.05, 3.63) is 126 Å². The van der Waals surface area contributed by atoms with Crippen LogP contribution in [0.3, 0.4) is 0 Å². The molecule has 0 aliphatic carbocycles. The van der Waals surface area contributed by atoms with E-state index in [2.05, 4.69) is 9.80 Å². The summed E-state index contributed by atoms with van der Waals surface area (Å²) in [6.07, 6.45) is 0. The zero-order valence-electron chi connectivity index (χ0n) is 31.2. The molecule has 2 aromatic heterocycles. The van der Waals surface area contributed by atoms with Gasteiger partial charge in [-0.25, -0.2) is 0 Å². The fourth-order valence-corrected chi connectivity index (χ4v) is 9.22. The Labute approximate surface area is 266 Å². The van der Waals surface area contributed by atoms with Gasteiger partial charge in [0.25, 0.3) is 6.71 Å². The number of aryl methyl sites for hydroxylation is 3. The molecule has 2 aliphatic heterocycles. The van der Waals surface area contributed by atoms with Gasteiger partial charge in [-0.2, -0.15) is 0 Å².